The maximum absolute atomic E-state index is 11.1. The van der Waals surface area contributed by atoms with Gasteiger partial charge in [0.05, 0.1) is 0 Å². The molecular weight excluding hydrogens is 192 g/mol. The Labute approximate surface area is 83.8 Å². The van der Waals surface area contributed by atoms with Gasteiger partial charge in [-0.2, -0.15) is 0 Å². The average Bonchev–Trinajstić information content (AvgIpc) is 2.66. The molecule has 0 aromatic rings. The van der Waals surface area contributed by atoms with E-state index in [9.17, 15) is 4.79 Å². The van der Waals surface area contributed by atoms with Crippen molar-refractivity contribution in [3.05, 3.63) is 0 Å². The van der Waals surface area contributed by atoms with Gasteiger partial charge in [-0.1, -0.05) is 0 Å². The van der Waals surface area contributed by atoms with Gasteiger partial charge in [-0.15, -0.1) is 12.4 Å². The fraction of sp³-hybridized carbons (Fsp3) is 0.875. The molecule has 1 saturated heterocycles. The van der Waals surface area contributed by atoms with Gasteiger partial charge in [0, 0.05) is 12.6 Å². The summed E-state index contributed by atoms with van der Waals surface area (Å²) in [4.78, 5) is 11.1. The van der Waals surface area contributed by atoms with Crippen LogP contribution in [0.5, 0.6) is 0 Å². The molecule has 13 heavy (non-hydrogen) atoms. The summed E-state index contributed by atoms with van der Waals surface area (Å²) < 4.78 is 5.05. The van der Waals surface area contributed by atoms with Crippen molar-refractivity contribution in [2.24, 2.45) is 0 Å². The molecule has 1 aliphatic carbocycles. The van der Waals surface area contributed by atoms with Crippen LogP contribution in [0.15, 0.2) is 0 Å². The minimum absolute atomic E-state index is 0. The van der Waals surface area contributed by atoms with Gasteiger partial charge < -0.3 is 15.4 Å². The van der Waals surface area contributed by atoms with Gasteiger partial charge in [0.1, 0.15) is 6.10 Å². The normalized spacial score (nSPS) is 26.3. The van der Waals surface area contributed by atoms with E-state index in [1.807, 2.05) is 0 Å². The number of carbonyl (C=O) groups is 1. The van der Waals surface area contributed by atoms with Crippen molar-refractivity contribution in [1.82, 2.24) is 10.6 Å². The maximum Gasteiger partial charge on any atom is 0.407 e. The highest BCUT2D eigenvalue weighted by atomic mass is 35.5. The van der Waals surface area contributed by atoms with Gasteiger partial charge in [-0.25, -0.2) is 4.79 Å². The molecule has 1 saturated carbocycles. The van der Waals surface area contributed by atoms with E-state index in [0.717, 1.165) is 32.4 Å². The maximum atomic E-state index is 11.1. The zero-order valence-corrected chi connectivity index (χ0v) is 8.23. The van der Waals surface area contributed by atoms with Crippen molar-refractivity contribution in [3.8, 4) is 0 Å². The molecule has 1 heterocycles. The Kier molecular flexibility index (Phi) is 3.81. The van der Waals surface area contributed by atoms with E-state index in [1.165, 1.54) is 0 Å². The summed E-state index contributed by atoms with van der Waals surface area (Å²) in [5, 5.41) is 6.00. The van der Waals surface area contributed by atoms with E-state index < -0.39 is 0 Å². The van der Waals surface area contributed by atoms with Crippen LogP contribution in [-0.2, 0) is 4.74 Å². The van der Waals surface area contributed by atoms with Crippen molar-refractivity contribution < 1.29 is 9.53 Å². The molecular formula is C8H15ClN2O2. The molecule has 0 unspecified atom stereocenters. The van der Waals surface area contributed by atoms with Gasteiger partial charge in [0.15, 0.2) is 0 Å². The highest BCUT2D eigenvalue weighted by Gasteiger charge is 2.27. The zero-order valence-electron chi connectivity index (χ0n) is 7.41. The third-order valence-electron chi connectivity index (χ3n) is 2.18. The van der Waals surface area contributed by atoms with Gasteiger partial charge in [0.2, 0.25) is 0 Å². The van der Waals surface area contributed by atoms with Crippen LogP contribution >= 0.6 is 12.4 Å². The first-order valence-corrected chi connectivity index (χ1v) is 4.52. The van der Waals surface area contributed by atoms with Crippen molar-refractivity contribution in [2.75, 3.05) is 13.1 Å². The largest absolute Gasteiger partial charge is 0.446 e. The fourth-order valence-electron chi connectivity index (χ4n) is 1.32. The van der Waals surface area contributed by atoms with Gasteiger partial charge >= 0.3 is 6.09 Å². The van der Waals surface area contributed by atoms with E-state index in [-0.39, 0.29) is 30.6 Å². The third-order valence-corrected chi connectivity index (χ3v) is 2.18. The number of nitrogens with one attached hydrogen (secondary N) is 2. The molecule has 1 atom stereocenters. The predicted molar refractivity (Wildman–Crippen MR) is 51.2 cm³/mol. The standard InChI is InChI=1S/C8H14N2O2.ClH/c11-8(12-7-1-2-7)10-6-3-4-9-5-6;/h6-7,9H,1-5H2,(H,10,11);1H/t6-;/m1./s1. The number of carbonyl (C=O) groups excluding carboxylic acids is 1. The van der Waals surface area contributed by atoms with Crippen molar-refractivity contribution in [3.63, 3.8) is 0 Å². The Morgan fingerprint density at radius 2 is 2.15 bits per heavy atom. The van der Waals surface area contributed by atoms with E-state index in [0.29, 0.717) is 0 Å². The summed E-state index contributed by atoms with van der Waals surface area (Å²) in [6, 6.07) is 0.274. The number of halogens is 1. The van der Waals surface area contributed by atoms with Crippen LogP contribution in [0.4, 0.5) is 4.79 Å². The highest BCUT2D eigenvalue weighted by Crippen LogP contribution is 2.23. The van der Waals surface area contributed by atoms with Crippen molar-refractivity contribution in [1.29, 1.82) is 0 Å². The summed E-state index contributed by atoms with van der Waals surface area (Å²) in [6.45, 7) is 1.87. The minimum Gasteiger partial charge on any atom is -0.446 e. The molecule has 2 aliphatic rings. The number of amides is 1. The quantitative estimate of drug-likeness (QED) is 0.698. The smallest absolute Gasteiger partial charge is 0.407 e. The van der Waals surface area contributed by atoms with Crippen LogP contribution in [-0.4, -0.2) is 31.3 Å². The van der Waals surface area contributed by atoms with Crippen LogP contribution in [0, 0.1) is 0 Å². The predicted octanol–water partition coefficient (Wildman–Crippen LogP) is 0.659. The molecule has 2 fully saturated rings. The molecule has 0 aromatic heterocycles. The Balaban J connectivity index is 0.000000845. The summed E-state index contributed by atoms with van der Waals surface area (Å²) in [5.74, 6) is 0. The number of alkyl carbamates (subject to hydrolysis) is 1. The van der Waals surface area contributed by atoms with Crippen LogP contribution in [0.25, 0.3) is 0 Å². The van der Waals surface area contributed by atoms with Crippen molar-refractivity contribution >= 4 is 18.5 Å². The first-order valence-electron chi connectivity index (χ1n) is 4.52. The van der Waals surface area contributed by atoms with Gasteiger partial charge in [0.25, 0.3) is 0 Å². The van der Waals surface area contributed by atoms with Gasteiger partial charge in [-0.05, 0) is 25.8 Å². The SMILES string of the molecule is Cl.O=C(N[C@@H]1CCNC1)OC1CC1. The second-order valence-corrected chi connectivity index (χ2v) is 3.44. The Morgan fingerprint density at radius 1 is 1.38 bits per heavy atom. The Hall–Kier alpha value is -0.480. The lowest BCUT2D eigenvalue weighted by molar-refractivity contribution is 0.136. The highest BCUT2D eigenvalue weighted by molar-refractivity contribution is 5.85. The van der Waals surface area contributed by atoms with E-state index in [4.69, 9.17) is 4.74 Å². The molecule has 0 bridgehead atoms. The van der Waals surface area contributed by atoms with Crippen LogP contribution < -0.4 is 10.6 Å². The van der Waals surface area contributed by atoms with Gasteiger partial charge in [-0.3, -0.25) is 0 Å². The van der Waals surface area contributed by atoms with E-state index >= 15 is 0 Å². The van der Waals surface area contributed by atoms with Crippen molar-refractivity contribution in [2.45, 2.75) is 31.4 Å². The third kappa shape index (κ3) is 3.40. The monoisotopic (exact) mass is 206 g/mol. The molecule has 2 rings (SSSR count). The molecule has 0 spiro atoms. The molecule has 1 amide bonds. The summed E-state index contributed by atoms with van der Waals surface area (Å²) in [5.41, 5.74) is 0. The van der Waals surface area contributed by atoms with Crippen LogP contribution in [0.3, 0.4) is 0 Å². The van der Waals surface area contributed by atoms with E-state index in [1.54, 1.807) is 0 Å². The Bertz CT molecular complexity index is 179. The number of hydrogen-bond acceptors (Lipinski definition) is 3. The lowest BCUT2D eigenvalue weighted by Crippen LogP contribution is -2.36. The summed E-state index contributed by atoms with van der Waals surface area (Å²) >= 11 is 0. The molecule has 2 N–H and O–H groups in total. The lowest BCUT2D eigenvalue weighted by atomic mass is 10.3. The molecule has 5 heteroatoms. The van der Waals surface area contributed by atoms with E-state index in [2.05, 4.69) is 10.6 Å². The molecule has 0 aromatic carbocycles. The second kappa shape index (κ2) is 4.67. The zero-order chi connectivity index (χ0) is 8.39. The fourth-order valence-corrected chi connectivity index (χ4v) is 1.32. The number of rotatable bonds is 2. The lowest BCUT2D eigenvalue weighted by Gasteiger charge is -2.10. The minimum atomic E-state index is -0.244. The van der Waals surface area contributed by atoms with Crippen LogP contribution in [0.1, 0.15) is 19.3 Å². The average molecular weight is 207 g/mol. The second-order valence-electron chi connectivity index (χ2n) is 3.44. The first-order chi connectivity index (χ1) is 5.84. The molecule has 4 nitrogen and oxygen atoms in total. The number of ether oxygens (including phenoxy) is 1. The summed E-state index contributed by atoms with van der Waals surface area (Å²) in [6.07, 6.45) is 3.05. The molecule has 76 valence electrons. The molecule has 0 radical (unpaired) electrons. The Morgan fingerprint density at radius 3 is 2.69 bits per heavy atom. The summed E-state index contributed by atoms with van der Waals surface area (Å²) in [7, 11) is 0. The number of hydrogen-bond donors (Lipinski definition) is 2. The van der Waals surface area contributed by atoms with Crippen LogP contribution in [0.2, 0.25) is 0 Å². The molecule has 1 aliphatic heterocycles. The topological polar surface area (TPSA) is 50.4 Å². The first kappa shape index (κ1) is 10.6.